The Bertz CT molecular complexity index is 728. The fourth-order valence-electron chi connectivity index (χ4n) is 3.66. The molecule has 0 aromatic heterocycles. The highest BCUT2D eigenvalue weighted by molar-refractivity contribution is 6.09. The van der Waals surface area contributed by atoms with Crippen LogP contribution in [-0.4, -0.2) is 51.9 Å². The number of rotatable bonds is 2. The van der Waals surface area contributed by atoms with Crippen LogP contribution in [0, 0.1) is 5.82 Å². The summed E-state index contributed by atoms with van der Waals surface area (Å²) in [5, 5.41) is 9.02. The minimum absolute atomic E-state index is 0.104. The van der Waals surface area contributed by atoms with Crippen LogP contribution in [0.25, 0.3) is 0 Å². The zero-order valence-corrected chi connectivity index (χ0v) is 13.2. The molecule has 1 aromatic carbocycles. The number of hydrogen-bond donors (Lipinski definition) is 2. The highest BCUT2D eigenvalue weighted by Crippen LogP contribution is 2.39. The third-order valence-corrected chi connectivity index (χ3v) is 4.84. The quantitative estimate of drug-likeness (QED) is 0.856. The molecule has 1 aromatic rings. The number of carbonyl (C=O) groups excluding carboxylic acids is 2. The number of nitrogens with two attached hydrogens (primary N) is 1. The lowest BCUT2D eigenvalue weighted by molar-refractivity contribution is 0.0520. The molecule has 1 saturated heterocycles. The number of carboxylic acid groups (broad SMARTS) is 1. The van der Waals surface area contributed by atoms with Crippen molar-refractivity contribution in [2.24, 2.45) is 5.73 Å². The highest BCUT2D eigenvalue weighted by atomic mass is 19.1. The minimum atomic E-state index is -0.976. The number of primary amides is 1. The molecule has 128 valence electrons. The first-order valence-electron chi connectivity index (χ1n) is 7.75. The zero-order chi connectivity index (χ0) is 17.6. The van der Waals surface area contributed by atoms with E-state index in [2.05, 4.69) is 0 Å². The summed E-state index contributed by atoms with van der Waals surface area (Å²) in [6, 6.07) is 1.71. The van der Waals surface area contributed by atoms with Crippen molar-refractivity contribution < 1.29 is 23.9 Å². The molecule has 1 atom stereocenters. The van der Waals surface area contributed by atoms with Gasteiger partial charge in [-0.1, -0.05) is 0 Å². The van der Waals surface area contributed by atoms with E-state index >= 15 is 0 Å². The summed E-state index contributed by atoms with van der Waals surface area (Å²) in [7, 11) is 0. The predicted octanol–water partition coefficient (Wildman–Crippen LogP) is 1.58. The molecule has 3 amide bonds. The lowest BCUT2D eigenvalue weighted by atomic mass is 9.99. The van der Waals surface area contributed by atoms with E-state index in [-0.39, 0.29) is 29.1 Å². The Kier molecular flexibility index (Phi) is 3.90. The molecule has 2 aliphatic heterocycles. The van der Waals surface area contributed by atoms with Crippen LogP contribution in [-0.2, 0) is 0 Å². The summed E-state index contributed by atoms with van der Waals surface area (Å²) >= 11 is 0. The van der Waals surface area contributed by atoms with Crippen LogP contribution < -0.4 is 5.73 Å². The smallest absolute Gasteiger partial charge is 0.407 e. The van der Waals surface area contributed by atoms with Gasteiger partial charge >= 0.3 is 6.09 Å². The standard InChI is InChI=1S/C16H18FN3O4/c1-8-11-6-9(17)7-12(14(18)21)13(11)15(22)20(8)10-2-4-19(5-3-10)16(23)24/h6-8,10H,2-5H2,1H3,(H2,18,21)(H,23,24). The number of carbonyl (C=O) groups is 3. The minimum Gasteiger partial charge on any atom is -0.465 e. The predicted molar refractivity (Wildman–Crippen MR) is 82.1 cm³/mol. The van der Waals surface area contributed by atoms with E-state index in [4.69, 9.17) is 10.8 Å². The number of amides is 3. The highest BCUT2D eigenvalue weighted by Gasteiger charge is 2.42. The van der Waals surface area contributed by atoms with Crippen molar-refractivity contribution in [3.8, 4) is 0 Å². The van der Waals surface area contributed by atoms with Gasteiger partial charge in [-0.3, -0.25) is 9.59 Å². The molecule has 0 spiro atoms. The third kappa shape index (κ3) is 2.47. The first-order chi connectivity index (χ1) is 11.3. The van der Waals surface area contributed by atoms with Crippen LogP contribution in [0.1, 0.15) is 52.1 Å². The average molecular weight is 335 g/mol. The van der Waals surface area contributed by atoms with Crippen LogP contribution in [0.2, 0.25) is 0 Å². The van der Waals surface area contributed by atoms with Crippen LogP contribution >= 0.6 is 0 Å². The number of piperidine rings is 1. The van der Waals surface area contributed by atoms with E-state index in [1.165, 1.54) is 11.0 Å². The van der Waals surface area contributed by atoms with E-state index in [1.54, 1.807) is 11.8 Å². The lowest BCUT2D eigenvalue weighted by Crippen LogP contribution is -2.47. The molecule has 2 aliphatic rings. The van der Waals surface area contributed by atoms with Crippen molar-refractivity contribution in [1.29, 1.82) is 0 Å². The van der Waals surface area contributed by atoms with Gasteiger partial charge in [0.1, 0.15) is 5.82 Å². The molecular formula is C16H18FN3O4. The molecule has 24 heavy (non-hydrogen) atoms. The molecule has 1 unspecified atom stereocenters. The van der Waals surface area contributed by atoms with Gasteiger partial charge in [0, 0.05) is 19.1 Å². The van der Waals surface area contributed by atoms with Crippen molar-refractivity contribution >= 4 is 17.9 Å². The Morgan fingerprint density at radius 2 is 1.92 bits per heavy atom. The van der Waals surface area contributed by atoms with Gasteiger partial charge < -0.3 is 20.6 Å². The lowest BCUT2D eigenvalue weighted by Gasteiger charge is -2.37. The summed E-state index contributed by atoms with van der Waals surface area (Å²) in [5.74, 6) is -1.79. The van der Waals surface area contributed by atoms with Crippen LogP contribution in [0.4, 0.5) is 9.18 Å². The maximum absolute atomic E-state index is 13.8. The van der Waals surface area contributed by atoms with E-state index in [1.807, 2.05) is 0 Å². The van der Waals surface area contributed by atoms with E-state index in [9.17, 15) is 18.8 Å². The molecule has 0 radical (unpaired) electrons. The van der Waals surface area contributed by atoms with Crippen molar-refractivity contribution in [3.63, 3.8) is 0 Å². The van der Waals surface area contributed by atoms with Gasteiger partial charge in [0.25, 0.3) is 5.91 Å². The Morgan fingerprint density at radius 1 is 1.29 bits per heavy atom. The van der Waals surface area contributed by atoms with Crippen LogP contribution in [0.5, 0.6) is 0 Å². The zero-order valence-electron chi connectivity index (χ0n) is 13.2. The van der Waals surface area contributed by atoms with Crippen molar-refractivity contribution in [1.82, 2.24) is 9.80 Å². The second-order valence-electron chi connectivity index (χ2n) is 6.17. The van der Waals surface area contributed by atoms with Gasteiger partial charge in [0.15, 0.2) is 0 Å². The Morgan fingerprint density at radius 3 is 2.46 bits per heavy atom. The van der Waals surface area contributed by atoms with Gasteiger partial charge in [0.05, 0.1) is 17.2 Å². The Hall–Kier alpha value is -2.64. The van der Waals surface area contributed by atoms with Gasteiger partial charge in [-0.15, -0.1) is 0 Å². The van der Waals surface area contributed by atoms with E-state index in [0.29, 0.717) is 31.5 Å². The molecule has 0 bridgehead atoms. The number of fused-ring (bicyclic) bond motifs is 1. The normalized spacial score (nSPS) is 21.1. The molecule has 3 rings (SSSR count). The van der Waals surface area contributed by atoms with Gasteiger partial charge in [0.2, 0.25) is 5.91 Å². The summed E-state index contributed by atoms with van der Waals surface area (Å²) in [6.07, 6.45) is 0.0332. The Labute approximate surface area is 137 Å². The topological polar surface area (TPSA) is 104 Å². The number of halogens is 1. The molecule has 2 heterocycles. The molecule has 1 fully saturated rings. The average Bonchev–Trinajstić information content (AvgIpc) is 2.78. The molecule has 3 N–H and O–H groups in total. The molecule has 8 heteroatoms. The van der Waals surface area contributed by atoms with E-state index < -0.39 is 17.8 Å². The fourth-order valence-corrected chi connectivity index (χ4v) is 3.66. The molecule has 0 aliphatic carbocycles. The van der Waals surface area contributed by atoms with Crippen molar-refractivity contribution in [2.45, 2.75) is 31.8 Å². The SMILES string of the molecule is CC1c2cc(F)cc(C(N)=O)c2C(=O)N1C1CCN(C(=O)O)CC1. The second-order valence-corrected chi connectivity index (χ2v) is 6.17. The number of likely N-dealkylation sites (tertiary alicyclic amines) is 1. The summed E-state index contributed by atoms with van der Waals surface area (Å²) in [6.45, 7) is 2.45. The van der Waals surface area contributed by atoms with Crippen LogP contribution in [0.15, 0.2) is 12.1 Å². The maximum Gasteiger partial charge on any atom is 0.407 e. The first-order valence-corrected chi connectivity index (χ1v) is 7.75. The largest absolute Gasteiger partial charge is 0.465 e. The summed E-state index contributed by atoms with van der Waals surface area (Å²) in [5.41, 5.74) is 5.80. The second kappa shape index (κ2) is 5.77. The van der Waals surface area contributed by atoms with Crippen LogP contribution in [0.3, 0.4) is 0 Å². The number of nitrogens with zero attached hydrogens (tertiary/aromatic N) is 2. The number of benzene rings is 1. The van der Waals surface area contributed by atoms with Crippen molar-refractivity contribution in [2.75, 3.05) is 13.1 Å². The fraction of sp³-hybridized carbons (Fsp3) is 0.438. The maximum atomic E-state index is 13.8. The first kappa shape index (κ1) is 16.2. The van der Waals surface area contributed by atoms with Gasteiger partial charge in [-0.2, -0.15) is 0 Å². The number of hydrogen-bond acceptors (Lipinski definition) is 3. The Balaban J connectivity index is 1.91. The van der Waals surface area contributed by atoms with Gasteiger partial charge in [-0.05, 0) is 37.5 Å². The van der Waals surface area contributed by atoms with E-state index in [0.717, 1.165) is 6.07 Å². The molecule has 0 saturated carbocycles. The summed E-state index contributed by atoms with van der Waals surface area (Å²) < 4.78 is 13.8. The third-order valence-electron chi connectivity index (χ3n) is 4.84. The van der Waals surface area contributed by atoms with Crippen molar-refractivity contribution in [3.05, 3.63) is 34.6 Å². The van der Waals surface area contributed by atoms with Gasteiger partial charge in [-0.25, -0.2) is 9.18 Å². The molecule has 7 nitrogen and oxygen atoms in total. The monoisotopic (exact) mass is 335 g/mol. The molecular weight excluding hydrogens is 317 g/mol. The summed E-state index contributed by atoms with van der Waals surface area (Å²) in [4.78, 5) is 38.3.